The lowest BCUT2D eigenvalue weighted by atomic mass is 10.0. The molecule has 1 N–H and O–H groups in total. The minimum atomic E-state index is 0.946. The van der Waals surface area contributed by atoms with Gasteiger partial charge in [-0.05, 0) is 30.5 Å². The Morgan fingerprint density at radius 3 is 2.53 bits per heavy atom. The van der Waals surface area contributed by atoms with Crippen LogP contribution < -0.4 is 5.32 Å². The van der Waals surface area contributed by atoms with Crippen molar-refractivity contribution in [2.24, 2.45) is 7.05 Å². The minimum Gasteiger partial charge on any atom is -0.313 e. The lowest BCUT2D eigenvalue weighted by Gasteiger charge is -2.05. The molecule has 3 heteroatoms. The highest BCUT2D eigenvalue weighted by Gasteiger charge is 2.07. The summed E-state index contributed by atoms with van der Waals surface area (Å²) in [7, 11) is 1.98. The summed E-state index contributed by atoms with van der Waals surface area (Å²) in [5.41, 5.74) is 5.00. The maximum atomic E-state index is 4.49. The van der Waals surface area contributed by atoms with Crippen LogP contribution in [0.1, 0.15) is 31.5 Å². The van der Waals surface area contributed by atoms with Crippen molar-refractivity contribution < 1.29 is 0 Å². The molecule has 19 heavy (non-hydrogen) atoms. The molecule has 0 aliphatic heterocycles. The van der Waals surface area contributed by atoms with Gasteiger partial charge in [0.25, 0.3) is 0 Å². The fourth-order valence-electron chi connectivity index (χ4n) is 2.25. The molecule has 2 aromatic rings. The topological polar surface area (TPSA) is 29.9 Å². The van der Waals surface area contributed by atoms with Gasteiger partial charge < -0.3 is 5.32 Å². The molecule has 1 aromatic heterocycles. The summed E-state index contributed by atoms with van der Waals surface area (Å²) in [5.74, 6) is 0. The van der Waals surface area contributed by atoms with Gasteiger partial charge in [-0.3, -0.25) is 4.68 Å². The molecular formula is C16H23N3. The van der Waals surface area contributed by atoms with Gasteiger partial charge in [-0.2, -0.15) is 5.10 Å². The average molecular weight is 257 g/mol. The molecule has 0 amide bonds. The van der Waals surface area contributed by atoms with Crippen LogP contribution in [0.2, 0.25) is 0 Å². The number of rotatable bonds is 6. The van der Waals surface area contributed by atoms with Crippen molar-refractivity contribution in [3.05, 3.63) is 41.7 Å². The fraction of sp³-hybridized carbons (Fsp3) is 0.438. The van der Waals surface area contributed by atoms with Crippen LogP contribution in [-0.2, 0) is 20.0 Å². The molecule has 0 saturated heterocycles. The van der Waals surface area contributed by atoms with E-state index in [9.17, 15) is 0 Å². The highest BCUT2D eigenvalue weighted by Crippen LogP contribution is 2.23. The maximum absolute atomic E-state index is 4.49. The molecule has 0 atom stereocenters. The third-order valence-corrected chi connectivity index (χ3v) is 3.26. The predicted octanol–water partition coefficient (Wildman–Crippen LogP) is 3.15. The Bertz CT molecular complexity index is 511. The van der Waals surface area contributed by atoms with Crippen molar-refractivity contribution in [3.8, 4) is 11.1 Å². The Labute approximate surface area is 115 Å². The van der Waals surface area contributed by atoms with E-state index in [2.05, 4.69) is 54.7 Å². The Balaban J connectivity index is 2.13. The maximum Gasteiger partial charge on any atom is 0.0700 e. The van der Waals surface area contributed by atoms with Crippen LogP contribution in [-0.4, -0.2) is 16.3 Å². The Morgan fingerprint density at radius 2 is 1.89 bits per heavy atom. The zero-order valence-corrected chi connectivity index (χ0v) is 12.1. The van der Waals surface area contributed by atoms with Crippen molar-refractivity contribution in [1.82, 2.24) is 15.1 Å². The van der Waals surface area contributed by atoms with E-state index in [0.29, 0.717) is 0 Å². The summed E-state index contributed by atoms with van der Waals surface area (Å²) in [4.78, 5) is 0. The standard InChI is InChI=1S/C16H23N3/c1-4-10-17-11-13-6-8-14(9-7-13)15-12-19(3)18-16(15)5-2/h6-9,12,17H,4-5,10-11H2,1-3H3. The summed E-state index contributed by atoms with van der Waals surface area (Å²) in [6, 6.07) is 8.78. The van der Waals surface area contributed by atoms with Gasteiger partial charge in [0, 0.05) is 25.4 Å². The highest BCUT2D eigenvalue weighted by atomic mass is 15.2. The second kappa shape index (κ2) is 6.53. The number of nitrogens with one attached hydrogen (secondary N) is 1. The van der Waals surface area contributed by atoms with Gasteiger partial charge in [0.2, 0.25) is 0 Å². The van der Waals surface area contributed by atoms with Gasteiger partial charge in [0.05, 0.1) is 5.69 Å². The van der Waals surface area contributed by atoms with Crippen molar-refractivity contribution in [3.63, 3.8) is 0 Å². The zero-order chi connectivity index (χ0) is 13.7. The summed E-state index contributed by atoms with van der Waals surface area (Å²) < 4.78 is 1.89. The van der Waals surface area contributed by atoms with E-state index in [0.717, 1.165) is 19.5 Å². The van der Waals surface area contributed by atoms with Crippen LogP contribution >= 0.6 is 0 Å². The number of hydrogen-bond donors (Lipinski definition) is 1. The van der Waals surface area contributed by atoms with E-state index in [-0.39, 0.29) is 0 Å². The molecule has 0 aliphatic carbocycles. The molecule has 0 unspecified atom stereocenters. The largest absolute Gasteiger partial charge is 0.313 e. The summed E-state index contributed by atoms with van der Waals surface area (Å²) >= 11 is 0. The number of nitrogens with zero attached hydrogens (tertiary/aromatic N) is 2. The predicted molar refractivity (Wildman–Crippen MR) is 80.0 cm³/mol. The number of aromatic nitrogens is 2. The first-order valence-electron chi connectivity index (χ1n) is 7.07. The van der Waals surface area contributed by atoms with Gasteiger partial charge >= 0.3 is 0 Å². The second-order valence-corrected chi connectivity index (χ2v) is 4.89. The van der Waals surface area contributed by atoms with Crippen molar-refractivity contribution in [1.29, 1.82) is 0 Å². The first-order chi connectivity index (χ1) is 9.24. The molecule has 3 nitrogen and oxygen atoms in total. The van der Waals surface area contributed by atoms with Crippen LogP contribution in [0.15, 0.2) is 30.5 Å². The normalized spacial score (nSPS) is 10.9. The highest BCUT2D eigenvalue weighted by molar-refractivity contribution is 5.65. The van der Waals surface area contributed by atoms with E-state index in [4.69, 9.17) is 0 Å². The van der Waals surface area contributed by atoms with Crippen LogP contribution in [0.25, 0.3) is 11.1 Å². The van der Waals surface area contributed by atoms with Crippen molar-refractivity contribution in [2.75, 3.05) is 6.54 Å². The number of benzene rings is 1. The molecule has 0 saturated carbocycles. The smallest absolute Gasteiger partial charge is 0.0700 e. The molecular weight excluding hydrogens is 234 g/mol. The van der Waals surface area contributed by atoms with Crippen LogP contribution in [0.4, 0.5) is 0 Å². The molecule has 0 radical (unpaired) electrons. The monoisotopic (exact) mass is 257 g/mol. The van der Waals surface area contributed by atoms with E-state index in [1.165, 1.54) is 28.8 Å². The van der Waals surface area contributed by atoms with Gasteiger partial charge in [-0.1, -0.05) is 38.1 Å². The quantitative estimate of drug-likeness (QED) is 0.806. The first kappa shape index (κ1) is 13.8. The average Bonchev–Trinajstić information content (AvgIpc) is 2.81. The fourth-order valence-corrected chi connectivity index (χ4v) is 2.25. The van der Waals surface area contributed by atoms with E-state index >= 15 is 0 Å². The number of aryl methyl sites for hydroxylation is 2. The third-order valence-electron chi connectivity index (χ3n) is 3.26. The van der Waals surface area contributed by atoms with Crippen LogP contribution in [0.5, 0.6) is 0 Å². The summed E-state index contributed by atoms with van der Waals surface area (Å²) in [5, 5.41) is 7.91. The lowest BCUT2D eigenvalue weighted by molar-refractivity contribution is 0.675. The van der Waals surface area contributed by atoms with Gasteiger partial charge in [-0.15, -0.1) is 0 Å². The zero-order valence-electron chi connectivity index (χ0n) is 12.1. The molecule has 0 aliphatic rings. The molecule has 1 heterocycles. The second-order valence-electron chi connectivity index (χ2n) is 4.89. The van der Waals surface area contributed by atoms with E-state index < -0.39 is 0 Å². The Morgan fingerprint density at radius 1 is 1.16 bits per heavy atom. The molecule has 0 spiro atoms. The molecule has 102 valence electrons. The van der Waals surface area contributed by atoms with Crippen LogP contribution in [0, 0.1) is 0 Å². The first-order valence-corrected chi connectivity index (χ1v) is 7.07. The third kappa shape index (κ3) is 3.44. The van der Waals surface area contributed by atoms with E-state index in [1.54, 1.807) is 0 Å². The molecule has 2 rings (SSSR count). The lowest BCUT2D eigenvalue weighted by Crippen LogP contribution is -2.13. The summed E-state index contributed by atoms with van der Waals surface area (Å²) in [6.45, 7) is 6.35. The van der Waals surface area contributed by atoms with Gasteiger partial charge in [-0.25, -0.2) is 0 Å². The summed E-state index contributed by atoms with van der Waals surface area (Å²) in [6.07, 6.45) is 4.24. The Kier molecular flexibility index (Phi) is 4.74. The molecule has 0 fully saturated rings. The van der Waals surface area contributed by atoms with Gasteiger partial charge in [0.15, 0.2) is 0 Å². The van der Waals surface area contributed by atoms with Crippen LogP contribution in [0.3, 0.4) is 0 Å². The number of hydrogen-bond acceptors (Lipinski definition) is 2. The van der Waals surface area contributed by atoms with Gasteiger partial charge in [0.1, 0.15) is 0 Å². The SMILES string of the molecule is CCCNCc1ccc(-c2cn(C)nc2CC)cc1. The minimum absolute atomic E-state index is 0.946. The molecule has 0 bridgehead atoms. The van der Waals surface area contributed by atoms with Crippen molar-refractivity contribution >= 4 is 0 Å². The Hall–Kier alpha value is -1.61. The van der Waals surface area contributed by atoms with Crippen molar-refractivity contribution in [2.45, 2.75) is 33.2 Å². The molecule has 1 aromatic carbocycles. The van der Waals surface area contributed by atoms with E-state index in [1.807, 2.05) is 11.7 Å².